The number of fused-ring (bicyclic) bond motifs is 1. The lowest BCUT2D eigenvalue weighted by Crippen LogP contribution is -2.43. The van der Waals surface area contributed by atoms with E-state index in [1.165, 1.54) is 11.3 Å². The normalized spacial score (nSPS) is 16.6. The Morgan fingerprint density at radius 2 is 2.00 bits per heavy atom. The molecular formula is C25H28N2O3S. The molecule has 4 rings (SSSR count). The molecule has 1 aromatic heterocycles. The van der Waals surface area contributed by atoms with Gasteiger partial charge in [0.1, 0.15) is 4.88 Å². The molecule has 3 aromatic rings. The number of carbonyl (C=O) groups is 2. The number of hydrogen-bond acceptors (Lipinski definition) is 4. The van der Waals surface area contributed by atoms with Crippen LogP contribution in [0.5, 0.6) is 0 Å². The molecule has 6 heteroatoms. The second kappa shape index (κ2) is 9.20. The van der Waals surface area contributed by atoms with Gasteiger partial charge in [0, 0.05) is 23.0 Å². The van der Waals surface area contributed by atoms with Crippen molar-refractivity contribution in [2.24, 2.45) is 0 Å². The lowest BCUT2D eigenvalue weighted by molar-refractivity contribution is -0.119. The monoisotopic (exact) mass is 436 g/mol. The maximum absolute atomic E-state index is 13.2. The predicted molar refractivity (Wildman–Crippen MR) is 126 cm³/mol. The molecule has 2 heterocycles. The van der Waals surface area contributed by atoms with E-state index in [9.17, 15) is 14.7 Å². The highest BCUT2D eigenvalue weighted by Crippen LogP contribution is 2.34. The van der Waals surface area contributed by atoms with E-state index >= 15 is 0 Å². The minimum absolute atomic E-state index is 0.0913. The summed E-state index contributed by atoms with van der Waals surface area (Å²) >= 11 is 1.34. The first-order chi connectivity index (χ1) is 15.0. The van der Waals surface area contributed by atoms with Crippen LogP contribution in [0.2, 0.25) is 0 Å². The maximum Gasteiger partial charge on any atom is 0.346 e. The number of aryl methyl sites for hydroxylation is 1. The Balaban J connectivity index is 1.54. The first-order valence-corrected chi connectivity index (χ1v) is 11.6. The summed E-state index contributed by atoms with van der Waals surface area (Å²) in [5.74, 6) is -0.776. The Bertz CT molecular complexity index is 1110. The third-order valence-electron chi connectivity index (χ3n) is 6.10. The van der Waals surface area contributed by atoms with Crippen LogP contribution in [0.1, 0.15) is 40.6 Å². The highest BCUT2D eigenvalue weighted by atomic mass is 32.1. The van der Waals surface area contributed by atoms with E-state index in [0.29, 0.717) is 24.4 Å². The first-order valence-electron chi connectivity index (χ1n) is 10.8. The van der Waals surface area contributed by atoms with E-state index < -0.39 is 5.97 Å². The van der Waals surface area contributed by atoms with Crippen molar-refractivity contribution in [1.82, 2.24) is 4.90 Å². The van der Waals surface area contributed by atoms with Crippen LogP contribution in [0.15, 0.2) is 48.5 Å². The summed E-state index contributed by atoms with van der Waals surface area (Å²) < 4.78 is 1.01. The maximum atomic E-state index is 13.2. The van der Waals surface area contributed by atoms with E-state index in [-0.39, 0.29) is 11.9 Å². The fraction of sp³-hybridized carbons (Fsp3) is 0.360. The molecule has 0 unspecified atom stereocenters. The molecule has 1 fully saturated rings. The van der Waals surface area contributed by atoms with Gasteiger partial charge in [-0.3, -0.25) is 9.69 Å². The van der Waals surface area contributed by atoms with Crippen molar-refractivity contribution in [1.29, 1.82) is 0 Å². The fourth-order valence-corrected chi connectivity index (χ4v) is 5.67. The van der Waals surface area contributed by atoms with Gasteiger partial charge in [-0.15, -0.1) is 11.3 Å². The summed E-state index contributed by atoms with van der Waals surface area (Å²) in [7, 11) is 0. The topological polar surface area (TPSA) is 60.9 Å². The Kier molecular flexibility index (Phi) is 6.39. The van der Waals surface area contributed by atoms with Crippen molar-refractivity contribution in [2.75, 3.05) is 24.5 Å². The SMILES string of the molecule is CCN(C(=O)CN1CCC[C@@H]1Cc1c(C(=O)O)sc2ccccc12)c1cccc(C)c1. The summed E-state index contributed by atoms with van der Waals surface area (Å²) in [5, 5.41) is 10.8. The van der Waals surface area contributed by atoms with Gasteiger partial charge in [0.05, 0.1) is 6.54 Å². The smallest absolute Gasteiger partial charge is 0.346 e. The second-order valence-corrected chi connectivity index (χ2v) is 9.21. The van der Waals surface area contributed by atoms with Gasteiger partial charge in [-0.2, -0.15) is 0 Å². The summed E-state index contributed by atoms with van der Waals surface area (Å²) in [6.07, 6.45) is 2.67. The molecule has 1 aliphatic rings. The van der Waals surface area contributed by atoms with E-state index in [1.54, 1.807) is 0 Å². The molecule has 0 saturated carbocycles. The molecule has 0 bridgehead atoms. The van der Waals surface area contributed by atoms with E-state index in [0.717, 1.165) is 46.3 Å². The quantitative estimate of drug-likeness (QED) is 0.568. The number of aromatic carboxylic acids is 1. The van der Waals surface area contributed by atoms with Crippen LogP contribution in [0.4, 0.5) is 5.69 Å². The van der Waals surface area contributed by atoms with Crippen molar-refractivity contribution in [2.45, 2.75) is 39.2 Å². The van der Waals surface area contributed by atoms with Gasteiger partial charge in [0.25, 0.3) is 0 Å². The third-order valence-corrected chi connectivity index (χ3v) is 7.30. The summed E-state index contributed by atoms with van der Waals surface area (Å²) in [5.41, 5.74) is 2.97. The average molecular weight is 437 g/mol. The molecule has 1 atom stereocenters. The molecule has 0 spiro atoms. The number of benzene rings is 2. The fourth-order valence-electron chi connectivity index (χ4n) is 4.60. The summed E-state index contributed by atoms with van der Waals surface area (Å²) in [6, 6.07) is 16.1. The highest BCUT2D eigenvalue weighted by Gasteiger charge is 2.30. The van der Waals surface area contributed by atoms with E-state index in [4.69, 9.17) is 0 Å². The van der Waals surface area contributed by atoms with E-state index in [1.807, 2.05) is 67.3 Å². The first kappa shape index (κ1) is 21.5. The van der Waals surface area contributed by atoms with Crippen molar-refractivity contribution < 1.29 is 14.7 Å². The Labute approximate surface area is 186 Å². The van der Waals surface area contributed by atoms with Gasteiger partial charge in [-0.05, 0) is 74.4 Å². The Morgan fingerprint density at radius 3 is 2.74 bits per heavy atom. The third kappa shape index (κ3) is 4.50. The number of likely N-dealkylation sites (N-methyl/N-ethyl adjacent to an activating group) is 1. The molecule has 5 nitrogen and oxygen atoms in total. The zero-order valence-corrected chi connectivity index (χ0v) is 18.8. The lowest BCUT2D eigenvalue weighted by atomic mass is 10.0. The average Bonchev–Trinajstić information content (AvgIpc) is 3.34. The van der Waals surface area contributed by atoms with Crippen molar-refractivity contribution in [3.8, 4) is 0 Å². The van der Waals surface area contributed by atoms with Gasteiger partial charge in [0.15, 0.2) is 0 Å². The zero-order chi connectivity index (χ0) is 22.0. The number of carbonyl (C=O) groups excluding carboxylic acids is 1. The van der Waals surface area contributed by atoms with Gasteiger partial charge < -0.3 is 10.0 Å². The molecule has 162 valence electrons. The number of likely N-dealkylation sites (tertiary alicyclic amines) is 1. The largest absolute Gasteiger partial charge is 0.477 e. The molecule has 1 aliphatic heterocycles. The molecule has 2 aromatic carbocycles. The van der Waals surface area contributed by atoms with E-state index in [2.05, 4.69) is 4.90 Å². The number of nitrogens with zero attached hydrogens (tertiary/aromatic N) is 2. The van der Waals surface area contributed by atoms with Crippen LogP contribution in [-0.4, -0.2) is 47.6 Å². The number of rotatable bonds is 7. The molecule has 31 heavy (non-hydrogen) atoms. The van der Waals surface area contributed by atoms with Crippen molar-refractivity contribution in [3.05, 3.63) is 64.5 Å². The number of thiophene rings is 1. The van der Waals surface area contributed by atoms with Crippen LogP contribution < -0.4 is 4.90 Å². The summed E-state index contributed by atoms with van der Waals surface area (Å²) in [4.78, 5) is 29.5. The molecule has 0 aliphatic carbocycles. The van der Waals surface area contributed by atoms with Crippen molar-refractivity contribution in [3.63, 3.8) is 0 Å². The van der Waals surface area contributed by atoms with Crippen LogP contribution in [0.3, 0.4) is 0 Å². The molecule has 0 radical (unpaired) electrons. The summed E-state index contributed by atoms with van der Waals surface area (Å²) in [6.45, 7) is 5.88. The van der Waals surface area contributed by atoms with Crippen LogP contribution in [0.25, 0.3) is 10.1 Å². The number of carboxylic acids is 1. The number of amides is 1. The molecule has 1 N–H and O–H groups in total. The van der Waals surface area contributed by atoms with Crippen molar-refractivity contribution >= 4 is 39.0 Å². The predicted octanol–water partition coefficient (Wildman–Crippen LogP) is 4.97. The van der Waals surface area contributed by atoms with Gasteiger partial charge in [-0.1, -0.05) is 30.3 Å². The minimum atomic E-state index is -0.867. The number of carboxylic acid groups (broad SMARTS) is 1. The Morgan fingerprint density at radius 1 is 1.19 bits per heavy atom. The lowest BCUT2D eigenvalue weighted by Gasteiger charge is -2.28. The standard InChI is InChI=1S/C25H28N2O3S/c1-3-27(19-9-6-8-17(2)14-19)23(28)16-26-13-7-10-18(26)15-21-20-11-4-5-12-22(20)31-24(21)25(29)30/h4-6,8-9,11-12,14,18H,3,7,10,13,15-16H2,1-2H3,(H,29,30)/t18-/m1/s1. The van der Waals surface area contributed by atoms with Gasteiger partial charge >= 0.3 is 5.97 Å². The molecule has 1 amide bonds. The molecular weight excluding hydrogens is 408 g/mol. The number of hydrogen-bond donors (Lipinski definition) is 1. The Hall–Kier alpha value is -2.70. The van der Waals surface area contributed by atoms with Crippen LogP contribution in [-0.2, 0) is 11.2 Å². The highest BCUT2D eigenvalue weighted by molar-refractivity contribution is 7.21. The van der Waals surface area contributed by atoms with Gasteiger partial charge in [-0.25, -0.2) is 4.79 Å². The second-order valence-electron chi connectivity index (χ2n) is 8.16. The number of anilines is 1. The van der Waals surface area contributed by atoms with Crippen LogP contribution >= 0.6 is 11.3 Å². The van der Waals surface area contributed by atoms with Crippen LogP contribution in [0, 0.1) is 6.92 Å². The molecule has 1 saturated heterocycles. The van der Waals surface area contributed by atoms with Gasteiger partial charge in [0.2, 0.25) is 5.91 Å². The minimum Gasteiger partial charge on any atom is -0.477 e. The zero-order valence-electron chi connectivity index (χ0n) is 18.0.